The monoisotopic (exact) mass is 320 g/mol. The number of aryl methyl sites for hydroxylation is 1. The van der Waals surface area contributed by atoms with Crippen LogP contribution >= 0.6 is 15.9 Å². The second kappa shape index (κ2) is 6.22. The minimum absolute atomic E-state index is 0.493. The number of hydrogen-bond donors (Lipinski definition) is 1. The van der Waals surface area contributed by atoms with E-state index in [9.17, 15) is 5.11 Å². The van der Waals surface area contributed by atoms with Crippen LogP contribution in [0.5, 0.6) is 11.5 Å². The third-order valence-corrected chi connectivity index (χ3v) is 3.91. The number of rotatable bonds is 4. The molecule has 0 amide bonds. The molecule has 0 fully saturated rings. The van der Waals surface area contributed by atoms with Gasteiger partial charge in [-0.25, -0.2) is 0 Å². The molecular formula is C16H17BrO2. The minimum atomic E-state index is -0.493. The van der Waals surface area contributed by atoms with Crippen LogP contribution in [0.1, 0.15) is 30.6 Å². The summed E-state index contributed by atoms with van der Waals surface area (Å²) >= 11 is 3.47. The van der Waals surface area contributed by atoms with Crippen molar-refractivity contribution in [2.45, 2.75) is 26.4 Å². The summed E-state index contributed by atoms with van der Waals surface area (Å²) in [7, 11) is 0. The number of ether oxygens (including phenoxy) is 1. The summed E-state index contributed by atoms with van der Waals surface area (Å²) in [5.41, 5.74) is 1.94. The van der Waals surface area contributed by atoms with E-state index in [4.69, 9.17) is 4.74 Å². The van der Waals surface area contributed by atoms with Gasteiger partial charge in [-0.1, -0.05) is 41.1 Å². The highest BCUT2D eigenvalue weighted by molar-refractivity contribution is 9.10. The molecule has 1 atom stereocenters. The first-order valence-electron chi connectivity index (χ1n) is 6.32. The molecule has 0 bridgehead atoms. The molecular weight excluding hydrogens is 304 g/mol. The van der Waals surface area contributed by atoms with Gasteiger partial charge in [0.1, 0.15) is 11.5 Å². The van der Waals surface area contributed by atoms with E-state index >= 15 is 0 Å². The maximum atomic E-state index is 10.00. The van der Waals surface area contributed by atoms with E-state index in [1.165, 1.54) is 0 Å². The third-order valence-electron chi connectivity index (χ3n) is 3.02. The van der Waals surface area contributed by atoms with E-state index in [1.807, 2.05) is 56.3 Å². The zero-order chi connectivity index (χ0) is 13.8. The largest absolute Gasteiger partial charge is 0.457 e. The molecule has 0 heterocycles. The number of halogens is 1. The lowest BCUT2D eigenvalue weighted by Gasteiger charge is -2.15. The fourth-order valence-corrected chi connectivity index (χ4v) is 2.12. The predicted molar refractivity (Wildman–Crippen MR) is 80.6 cm³/mol. The molecule has 0 saturated carbocycles. The van der Waals surface area contributed by atoms with Gasteiger partial charge in [0.05, 0.1) is 6.10 Å². The molecule has 2 rings (SSSR count). The number of benzene rings is 2. The summed E-state index contributed by atoms with van der Waals surface area (Å²) in [5, 5.41) is 10.00. The van der Waals surface area contributed by atoms with Crippen molar-refractivity contribution in [1.82, 2.24) is 0 Å². The second-order valence-corrected chi connectivity index (χ2v) is 5.33. The fourth-order valence-electron chi connectivity index (χ4n) is 1.88. The Morgan fingerprint density at radius 1 is 1.21 bits per heavy atom. The van der Waals surface area contributed by atoms with Gasteiger partial charge in [0.2, 0.25) is 0 Å². The Labute approximate surface area is 122 Å². The van der Waals surface area contributed by atoms with Gasteiger partial charge in [0, 0.05) is 10.0 Å². The highest BCUT2D eigenvalue weighted by Gasteiger charge is 2.11. The van der Waals surface area contributed by atoms with E-state index in [0.717, 1.165) is 21.3 Å². The van der Waals surface area contributed by atoms with Gasteiger partial charge in [-0.3, -0.25) is 0 Å². The molecule has 0 saturated heterocycles. The maximum absolute atomic E-state index is 10.00. The van der Waals surface area contributed by atoms with Crippen LogP contribution in [-0.2, 0) is 0 Å². The number of aliphatic hydroxyl groups excluding tert-OH is 1. The summed E-state index contributed by atoms with van der Waals surface area (Å²) in [6.07, 6.45) is 0.174. The van der Waals surface area contributed by atoms with Crippen molar-refractivity contribution < 1.29 is 9.84 Å². The van der Waals surface area contributed by atoms with Gasteiger partial charge in [-0.15, -0.1) is 0 Å². The van der Waals surface area contributed by atoms with E-state index < -0.39 is 6.10 Å². The van der Waals surface area contributed by atoms with E-state index in [1.54, 1.807) is 0 Å². The minimum Gasteiger partial charge on any atom is -0.457 e. The van der Waals surface area contributed by atoms with Crippen LogP contribution in [0.3, 0.4) is 0 Å². The zero-order valence-electron chi connectivity index (χ0n) is 11.1. The lowest BCUT2D eigenvalue weighted by atomic mass is 10.1. The Hall–Kier alpha value is -1.32. The quantitative estimate of drug-likeness (QED) is 0.859. The van der Waals surface area contributed by atoms with Crippen LogP contribution in [0.4, 0.5) is 0 Å². The lowest BCUT2D eigenvalue weighted by molar-refractivity contribution is 0.170. The first-order chi connectivity index (χ1) is 9.11. The summed E-state index contributed by atoms with van der Waals surface area (Å²) in [4.78, 5) is 0. The second-order valence-electron chi connectivity index (χ2n) is 4.47. The molecule has 1 N–H and O–H groups in total. The highest BCUT2D eigenvalue weighted by atomic mass is 79.9. The first-order valence-corrected chi connectivity index (χ1v) is 7.12. The van der Waals surface area contributed by atoms with Gasteiger partial charge in [0.15, 0.2) is 0 Å². The standard InChI is InChI=1S/C16H17BrO2/c1-3-15(18)13-6-4-5-7-16(13)19-12-8-9-14(17)11(2)10-12/h4-10,15,18H,3H2,1-2H3/t15-/m0/s1. The third kappa shape index (κ3) is 3.37. The summed E-state index contributed by atoms with van der Waals surface area (Å²) < 4.78 is 6.94. The van der Waals surface area contributed by atoms with E-state index in [0.29, 0.717) is 12.2 Å². The van der Waals surface area contributed by atoms with Crippen LogP contribution in [0.25, 0.3) is 0 Å². The molecule has 0 aliphatic heterocycles. The molecule has 3 heteroatoms. The molecule has 0 aromatic heterocycles. The van der Waals surface area contributed by atoms with Crippen LogP contribution in [0.15, 0.2) is 46.9 Å². The van der Waals surface area contributed by atoms with Gasteiger partial charge in [0.25, 0.3) is 0 Å². The fraction of sp³-hybridized carbons (Fsp3) is 0.250. The number of hydrogen-bond acceptors (Lipinski definition) is 2. The van der Waals surface area contributed by atoms with Crippen LogP contribution in [0.2, 0.25) is 0 Å². The van der Waals surface area contributed by atoms with E-state index in [2.05, 4.69) is 15.9 Å². The van der Waals surface area contributed by atoms with Crippen molar-refractivity contribution in [3.63, 3.8) is 0 Å². The Morgan fingerprint density at radius 2 is 1.95 bits per heavy atom. The van der Waals surface area contributed by atoms with Crippen molar-refractivity contribution in [2.24, 2.45) is 0 Å². The summed E-state index contributed by atoms with van der Waals surface area (Å²) in [6, 6.07) is 13.4. The highest BCUT2D eigenvalue weighted by Crippen LogP contribution is 2.32. The van der Waals surface area contributed by atoms with Gasteiger partial charge in [-0.05, 0) is 43.2 Å². The van der Waals surface area contributed by atoms with Gasteiger partial charge >= 0.3 is 0 Å². The summed E-state index contributed by atoms with van der Waals surface area (Å²) in [5.74, 6) is 1.48. The molecule has 19 heavy (non-hydrogen) atoms. The summed E-state index contributed by atoms with van der Waals surface area (Å²) in [6.45, 7) is 3.97. The van der Waals surface area contributed by atoms with Crippen LogP contribution in [0, 0.1) is 6.92 Å². The Morgan fingerprint density at radius 3 is 2.63 bits per heavy atom. The van der Waals surface area contributed by atoms with E-state index in [-0.39, 0.29) is 0 Å². The van der Waals surface area contributed by atoms with Crippen LogP contribution < -0.4 is 4.74 Å². The number of aliphatic hydroxyl groups is 1. The molecule has 0 aliphatic carbocycles. The Balaban J connectivity index is 2.30. The van der Waals surface area contributed by atoms with Crippen molar-refractivity contribution >= 4 is 15.9 Å². The van der Waals surface area contributed by atoms with Crippen LogP contribution in [-0.4, -0.2) is 5.11 Å². The zero-order valence-corrected chi connectivity index (χ0v) is 12.6. The van der Waals surface area contributed by atoms with Crippen molar-refractivity contribution in [2.75, 3.05) is 0 Å². The van der Waals surface area contributed by atoms with Crippen molar-refractivity contribution in [3.05, 3.63) is 58.1 Å². The molecule has 2 aromatic rings. The predicted octanol–water partition coefficient (Wildman–Crippen LogP) is 4.99. The van der Waals surface area contributed by atoms with Gasteiger partial charge < -0.3 is 9.84 Å². The Bertz CT molecular complexity index is 566. The first kappa shape index (κ1) is 14.1. The molecule has 0 radical (unpaired) electrons. The molecule has 2 nitrogen and oxygen atoms in total. The Kier molecular flexibility index (Phi) is 4.61. The maximum Gasteiger partial charge on any atom is 0.133 e. The van der Waals surface area contributed by atoms with Crippen molar-refractivity contribution in [3.8, 4) is 11.5 Å². The van der Waals surface area contributed by atoms with Gasteiger partial charge in [-0.2, -0.15) is 0 Å². The molecule has 2 aromatic carbocycles. The molecule has 0 unspecified atom stereocenters. The topological polar surface area (TPSA) is 29.5 Å². The lowest BCUT2D eigenvalue weighted by Crippen LogP contribution is -1.98. The SMILES string of the molecule is CC[C@H](O)c1ccccc1Oc1ccc(Br)c(C)c1. The molecule has 0 aliphatic rings. The average Bonchev–Trinajstić information content (AvgIpc) is 2.43. The number of para-hydroxylation sites is 1. The normalized spacial score (nSPS) is 12.2. The molecule has 0 spiro atoms. The smallest absolute Gasteiger partial charge is 0.133 e. The average molecular weight is 321 g/mol. The molecule has 100 valence electrons. The van der Waals surface area contributed by atoms with Crippen molar-refractivity contribution in [1.29, 1.82) is 0 Å².